The summed E-state index contributed by atoms with van der Waals surface area (Å²) in [5, 5.41) is 6.45. The van der Waals surface area contributed by atoms with Gasteiger partial charge in [-0.05, 0) is 66.2 Å². The van der Waals surface area contributed by atoms with E-state index in [-0.39, 0.29) is 0 Å². The maximum absolute atomic E-state index is 12.2. The van der Waals surface area contributed by atoms with E-state index in [2.05, 4.69) is 15.8 Å². The lowest BCUT2D eigenvalue weighted by Crippen LogP contribution is -2.32. The van der Waals surface area contributed by atoms with Gasteiger partial charge in [-0.15, -0.1) is 0 Å². The molecule has 0 radical (unpaired) electrons. The second-order valence-electron chi connectivity index (χ2n) is 6.32. The van der Waals surface area contributed by atoms with Gasteiger partial charge in [0.25, 0.3) is 0 Å². The van der Waals surface area contributed by atoms with E-state index in [0.29, 0.717) is 33.3 Å². The topological polar surface area (TPSA) is 106 Å². The zero-order chi connectivity index (χ0) is 22.9. The van der Waals surface area contributed by atoms with Gasteiger partial charge in [0.15, 0.2) is 0 Å². The summed E-state index contributed by atoms with van der Waals surface area (Å²) in [6.45, 7) is 0. The molecule has 0 saturated carbocycles. The highest BCUT2D eigenvalue weighted by Crippen LogP contribution is 2.20. The van der Waals surface area contributed by atoms with Gasteiger partial charge in [0.1, 0.15) is 11.5 Å². The Hall–Kier alpha value is -4.17. The first-order chi connectivity index (χ1) is 15.5. The fourth-order valence-corrected chi connectivity index (χ4v) is 2.66. The van der Waals surface area contributed by atoms with E-state index in [0.717, 1.165) is 0 Å². The third-order valence-corrected chi connectivity index (χ3v) is 4.45. The smallest absolute Gasteiger partial charge is 0.343 e. The molecule has 0 bridgehead atoms. The quantitative estimate of drug-likeness (QED) is 0.195. The number of para-hydroxylation sites is 1. The molecule has 162 valence electrons. The van der Waals surface area contributed by atoms with Crippen molar-refractivity contribution >= 4 is 41.3 Å². The van der Waals surface area contributed by atoms with Gasteiger partial charge in [0.2, 0.25) is 0 Å². The number of methoxy groups -OCH3 is 1. The van der Waals surface area contributed by atoms with Crippen LogP contribution in [-0.4, -0.2) is 31.1 Å². The number of benzene rings is 3. The minimum atomic E-state index is -0.953. The Morgan fingerprint density at radius 3 is 2.19 bits per heavy atom. The number of carbonyl (C=O) groups is 3. The molecule has 2 N–H and O–H groups in total. The van der Waals surface area contributed by atoms with Crippen molar-refractivity contribution in [2.45, 2.75) is 0 Å². The molecule has 0 atom stereocenters. The molecule has 0 saturated heterocycles. The molecule has 0 aliphatic carbocycles. The van der Waals surface area contributed by atoms with E-state index in [4.69, 9.17) is 21.1 Å². The zero-order valence-corrected chi connectivity index (χ0v) is 17.6. The van der Waals surface area contributed by atoms with Crippen molar-refractivity contribution in [1.82, 2.24) is 5.43 Å². The molecular formula is C23H18ClN3O5. The number of hydrogen-bond acceptors (Lipinski definition) is 6. The standard InChI is InChI=1S/C23H18ClN3O5/c1-31-17-12-8-16(9-13-17)23(30)32-18-10-6-15(7-11-18)14-25-27-22(29)21(28)26-20-5-3-2-4-19(20)24/h2-14H,1H3,(H,26,28)(H,27,29). The highest BCUT2D eigenvalue weighted by Gasteiger charge is 2.14. The summed E-state index contributed by atoms with van der Waals surface area (Å²) in [5.41, 5.74) is 3.44. The molecule has 3 aromatic rings. The van der Waals surface area contributed by atoms with Gasteiger partial charge in [-0.2, -0.15) is 5.10 Å². The molecule has 3 aromatic carbocycles. The fraction of sp³-hybridized carbons (Fsp3) is 0.0435. The van der Waals surface area contributed by atoms with Crippen LogP contribution < -0.4 is 20.2 Å². The van der Waals surface area contributed by atoms with Crippen molar-refractivity contribution < 1.29 is 23.9 Å². The van der Waals surface area contributed by atoms with Crippen LogP contribution in [0.5, 0.6) is 11.5 Å². The van der Waals surface area contributed by atoms with Crippen LogP contribution >= 0.6 is 11.6 Å². The number of amides is 2. The molecule has 32 heavy (non-hydrogen) atoms. The second kappa shape index (κ2) is 10.7. The Balaban J connectivity index is 1.51. The Bertz CT molecular complexity index is 1150. The van der Waals surface area contributed by atoms with Gasteiger partial charge < -0.3 is 14.8 Å². The number of nitrogens with one attached hydrogen (secondary N) is 2. The summed E-state index contributed by atoms with van der Waals surface area (Å²) in [7, 11) is 1.54. The number of halogens is 1. The molecule has 0 unspecified atom stereocenters. The number of hydrazone groups is 1. The van der Waals surface area contributed by atoms with Crippen LogP contribution in [0, 0.1) is 0 Å². The molecule has 0 aliphatic heterocycles. The minimum absolute atomic E-state index is 0.310. The van der Waals surface area contributed by atoms with Gasteiger partial charge in [-0.1, -0.05) is 23.7 Å². The van der Waals surface area contributed by atoms with Crippen molar-refractivity contribution in [1.29, 1.82) is 0 Å². The zero-order valence-electron chi connectivity index (χ0n) is 16.9. The molecule has 0 heterocycles. The lowest BCUT2D eigenvalue weighted by Gasteiger charge is -2.06. The molecule has 8 nitrogen and oxygen atoms in total. The van der Waals surface area contributed by atoms with Crippen LogP contribution in [0.2, 0.25) is 5.02 Å². The van der Waals surface area contributed by atoms with E-state index in [1.54, 1.807) is 79.9 Å². The van der Waals surface area contributed by atoms with Gasteiger partial charge in [-0.3, -0.25) is 9.59 Å². The summed E-state index contributed by atoms with van der Waals surface area (Å²) in [4.78, 5) is 35.9. The predicted molar refractivity (Wildman–Crippen MR) is 120 cm³/mol. The monoisotopic (exact) mass is 451 g/mol. The third kappa shape index (κ3) is 6.16. The number of hydrogen-bond donors (Lipinski definition) is 2. The molecule has 9 heteroatoms. The van der Waals surface area contributed by atoms with Crippen molar-refractivity contribution in [2.24, 2.45) is 5.10 Å². The van der Waals surface area contributed by atoms with E-state index < -0.39 is 17.8 Å². The van der Waals surface area contributed by atoms with Gasteiger partial charge in [0, 0.05) is 0 Å². The summed E-state index contributed by atoms with van der Waals surface area (Å²) >= 11 is 5.94. The molecule has 0 spiro atoms. The number of rotatable bonds is 6. The van der Waals surface area contributed by atoms with Crippen molar-refractivity contribution in [3.8, 4) is 11.5 Å². The van der Waals surface area contributed by atoms with Crippen LogP contribution in [-0.2, 0) is 9.59 Å². The summed E-state index contributed by atoms with van der Waals surface area (Å²) in [5.74, 6) is -1.39. The van der Waals surface area contributed by atoms with Crippen LogP contribution in [0.4, 0.5) is 5.69 Å². The Morgan fingerprint density at radius 1 is 0.875 bits per heavy atom. The highest BCUT2D eigenvalue weighted by molar-refractivity contribution is 6.41. The number of nitrogens with zero attached hydrogens (tertiary/aromatic N) is 1. The first-order valence-corrected chi connectivity index (χ1v) is 9.69. The Labute approximate surface area is 188 Å². The minimum Gasteiger partial charge on any atom is -0.497 e. The van der Waals surface area contributed by atoms with E-state index in [1.807, 2.05) is 0 Å². The normalized spacial score (nSPS) is 10.4. The van der Waals surface area contributed by atoms with E-state index in [1.165, 1.54) is 6.21 Å². The Morgan fingerprint density at radius 2 is 1.53 bits per heavy atom. The van der Waals surface area contributed by atoms with Crippen molar-refractivity contribution in [2.75, 3.05) is 12.4 Å². The summed E-state index contributed by atoms with van der Waals surface area (Å²) in [6, 6.07) is 19.5. The average Bonchev–Trinajstić information content (AvgIpc) is 2.81. The first-order valence-electron chi connectivity index (χ1n) is 9.31. The summed E-state index contributed by atoms with van der Waals surface area (Å²) < 4.78 is 10.4. The number of ether oxygens (including phenoxy) is 2. The van der Waals surface area contributed by atoms with Gasteiger partial charge in [-0.25, -0.2) is 10.2 Å². The van der Waals surface area contributed by atoms with Crippen LogP contribution in [0.15, 0.2) is 77.9 Å². The number of anilines is 1. The van der Waals surface area contributed by atoms with Gasteiger partial charge >= 0.3 is 17.8 Å². The molecule has 3 rings (SSSR count). The van der Waals surface area contributed by atoms with Crippen molar-refractivity contribution in [3.63, 3.8) is 0 Å². The third-order valence-electron chi connectivity index (χ3n) is 4.12. The SMILES string of the molecule is COc1ccc(C(=O)Oc2ccc(C=NNC(=O)C(=O)Nc3ccccc3Cl)cc2)cc1. The first kappa shape index (κ1) is 22.5. The molecule has 0 aliphatic rings. The maximum atomic E-state index is 12.2. The molecule has 0 aromatic heterocycles. The predicted octanol–water partition coefficient (Wildman–Crippen LogP) is 3.66. The lowest BCUT2D eigenvalue weighted by atomic mass is 10.2. The molecule has 2 amide bonds. The maximum Gasteiger partial charge on any atom is 0.343 e. The second-order valence-corrected chi connectivity index (χ2v) is 6.73. The molecular weight excluding hydrogens is 434 g/mol. The van der Waals surface area contributed by atoms with E-state index in [9.17, 15) is 14.4 Å². The largest absolute Gasteiger partial charge is 0.497 e. The molecule has 0 fully saturated rings. The van der Waals surface area contributed by atoms with Gasteiger partial charge in [0.05, 0.1) is 29.6 Å². The van der Waals surface area contributed by atoms with E-state index >= 15 is 0 Å². The highest BCUT2D eigenvalue weighted by atomic mass is 35.5. The van der Waals surface area contributed by atoms with Crippen LogP contribution in [0.25, 0.3) is 0 Å². The fourth-order valence-electron chi connectivity index (χ4n) is 2.47. The van der Waals surface area contributed by atoms with Crippen LogP contribution in [0.1, 0.15) is 15.9 Å². The lowest BCUT2D eigenvalue weighted by molar-refractivity contribution is -0.136. The van der Waals surface area contributed by atoms with Crippen LogP contribution in [0.3, 0.4) is 0 Å². The summed E-state index contributed by atoms with van der Waals surface area (Å²) in [6.07, 6.45) is 1.34. The average molecular weight is 452 g/mol. The Kier molecular flexibility index (Phi) is 7.55. The number of carbonyl (C=O) groups excluding carboxylic acids is 3. The van der Waals surface area contributed by atoms with Crippen molar-refractivity contribution in [3.05, 3.63) is 88.9 Å². The number of esters is 1.